The largest absolute Gasteiger partial charge is 0.508 e. The minimum atomic E-state index is 0.368. The highest BCUT2D eigenvalue weighted by Gasteiger charge is 2.17. The second kappa shape index (κ2) is 5.67. The average molecular weight is 231 g/mol. The maximum absolute atomic E-state index is 9.70. The molecule has 4 nitrogen and oxygen atoms in total. The van der Waals surface area contributed by atoms with E-state index in [-0.39, 0.29) is 0 Å². The van der Waals surface area contributed by atoms with Crippen LogP contribution in [0.3, 0.4) is 0 Å². The van der Waals surface area contributed by atoms with Gasteiger partial charge in [0, 0.05) is 38.3 Å². The maximum atomic E-state index is 9.70. The van der Waals surface area contributed by atoms with Crippen LogP contribution in [0.15, 0.2) is 24.3 Å². The molecule has 0 atom stereocenters. The normalized spacial score (nSPS) is 17.8. The summed E-state index contributed by atoms with van der Waals surface area (Å²) in [4.78, 5) is 4.46. The number of nitrogens with zero attached hydrogens (tertiary/aromatic N) is 3. The van der Waals surface area contributed by atoms with Gasteiger partial charge >= 0.3 is 0 Å². The van der Waals surface area contributed by atoms with Crippen LogP contribution in [-0.2, 0) is 6.54 Å². The Kier molecular flexibility index (Phi) is 3.97. The number of phenolic OH excluding ortho intramolecular Hbond substituents is 1. The van der Waals surface area contributed by atoms with Crippen LogP contribution in [0, 0.1) is 11.3 Å². The predicted molar refractivity (Wildman–Crippen MR) is 65.4 cm³/mol. The smallest absolute Gasteiger partial charge is 0.120 e. The first-order valence-corrected chi connectivity index (χ1v) is 5.88. The molecule has 0 aliphatic carbocycles. The third-order valence-electron chi connectivity index (χ3n) is 3.14. The molecule has 1 saturated heterocycles. The summed E-state index contributed by atoms with van der Waals surface area (Å²) in [5, 5.41) is 18.3. The molecule has 0 amide bonds. The van der Waals surface area contributed by atoms with Gasteiger partial charge in [-0.05, 0) is 6.07 Å². The molecule has 1 heterocycles. The van der Waals surface area contributed by atoms with Gasteiger partial charge in [-0.15, -0.1) is 0 Å². The fourth-order valence-corrected chi connectivity index (χ4v) is 2.09. The van der Waals surface area contributed by atoms with Gasteiger partial charge in [0.25, 0.3) is 0 Å². The second-order valence-corrected chi connectivity index (χ2v) is 4.34. The molecule has 4 heteroatoms. The third-order valence-corrected chi connectivity index (χ3v) is 3.14. The Hall–Kier alpha value is -1.57. The van der Waals surface area contributed by atoms with Crippen molar-refractivity contribution in [3.63, 3.8) is 0 Å². The van der Waals surface area contributed by atoms with E-state index in [1.54, 1.807) is 6.07 Å². The molecule has 1 N–H and O–H groups in total. The predicted octanol–water partition coefficient (Wildman–Crippen LogP) is 1.03. The first kappa shape index (κ1) is 11.9. The van der Waals surface area contributed by atoms with E-state index >= 15 is 0 Å². The van der Waals surface area contributed by atoms with E-state index in [4.69, 9.17) is 5.26 Å². The Morgan fingerprint density at radius 3 is 2.41 bits per heavy atom. The highest BCUT2D eigenvalue weighted by Crippen LogP contribution is 2.18. The van der Waals surface area contributed by atoms with E-state index in [9.17, 15) is 5.11 Å². The van der Waals surface area contributed by atoms with Crippen LogP contribution in [0.4, 0.5) is 0 Å². The number of aromatic hydroxyl groups is 1. The molecule has 90 valence electrons. The Balaban J connectivity index is 1.86. The van der Waals surface area contributed by atoms with Crippen LogP contribution < -0.4 is 0 Å². The molecule has 0 saturated carbocycles. The Labute approximate surface area is 102 Å². The number of benzene rings is 1. The van der Waals surface area contributed by atoms with Crippen LogP contribution in [0.5, 0.6) is 5.75 Å². The highest BCUT2D eigenvalue weighted by atomic mass is 16.3. The summed E-state index contributed by atoms with van der Waals surface area (Å²) in [5.74, 6) is 0.368. The van der Waals surface area contributed by atoms with Gasteiger partial charge in [0.05, 0.1) is 12.6 Å². The summed E-state index contributed by atoms with van der Waals surface area (Å²) in [6.07, 6.45) is 0. The van der Waals surface area contributed by atoms with E-state index in [0.717, 1.165) is 38.3 Å². The first-order valence-electron chi connectivity index (χ1n) is 5.88. The number of para-hydroxylation sites is 1. The summed E-state index contributed by atoms with van der Waals surface area (Å²) in [7, 11) is 0. The molecule has 0 unspecified atom stereocenters. The monoisotopic (exact) mass is 231 g/mol. The Bertz CT molecular complexity index is 405. The summed E-state index contributed by atoms with van der Waals surface area (Å²) < 4.78 is 0. The SMILES string of the molecule is N#CCN1CCN(Cc2ccccc2O)CC1. The van der Waals surface area contributed by atoms with E-state index in [0.29, 0.717) is 12.3 Å². The minimum absolute atomic E-state index is 0.368. The van der Waals surface area contributed by atoms with Gasteiger partial charge in [-0.1, -0.05) is 18.2 Å². The molecule has 0 radical (unpaired) electrons. The molecule has 1 aromatic rings. The molecule has 0 aromatic heterocycles. The van der Waals surface area contributed by atoms with Crippen LogP contribution in [0.25, 0.3) is 0 Å². The Morgan fingerprint density at radius 2 is 1.76 bits per heavy atom. The van der Waals surface area contributed by atoms with Crippen molar-refractivity contribution in [1.82, 2.24) is 9.80 Å². The van der Waals surface area contributed by atoms with Crippen molar-refractivity contribution in [2.45, 2.75) is 6.54 Å². The number of piperazine rings is 1. The maximum Gasteiger partial charge on any atom is 0.120 e. The molecule has 2 rings (SSSR count). The summed E-state index contributed by atoms with van der Waals surface area (Å²) >= 11 is 0. The quantitative estimate of drug-likeness (QED) is 0.789. The summed E-state index contributed by atoms with van der Waals surface area (Å²) in [6, 6.07) is 9.64. The Morgan fingerprint density at radius 1 is 1.12 bits per heavy atom. The zero-order valence-electron chi connectivity index (χ0n) is 9.84. The third kappa shape index (κ3) is 3.19. The zero-order chi connectivity index (χ0) is 12.1. The fraction of sp³-hybridized carbons (Fsp3) is 0.462. The van der Waals surface area contributed by atoms with Crippen molar-refractivity contribution in [2.24, 2.45) is 0 Å². The second-order valence-electron chi connectivity index (χ2n) is 4.34. The van der Waals surface area contributed by atoms with Gasteiger partial charge in [0.2, 0.25) is 0 Å². The summed E-state index contributed by atoms with van der Waals surface area (Å²) in [5.41, 5.74) is 0.973. The van der Waals surface area contributed by atoms with Crippen molar-refractivity contribution in [2.75, 3.05) is 32.7 Å². The molecule has 0 bridgehead atoms. The van der Waals surface area contributed by atoms with Crippen molar-refractivity contribution in [3.8, 4) is 11.8 Å². The molecular weight excluding hydrogens is 214 g/mol. The molecule has 1 aromatic carbocycles. The number of phenols is 1. The highest BCUT2D eigenvalue weighted by molar-refractivity contribution is 5.31. The van der Waals surface area contributed by atoms with Crippen LogP contribution in [0.2, 0.25) is 0 Å². The molecule has 17 heavy (non-hydrogen) atoms. The molecule has 0 spiro atoms. The van der Waals surface area contributed by atoms with E-state index in [1.165, 1.54) is 0 Å². The minimum Gasteiger partial charge on any atom is -0.508 e. The van der Waals surface area contributed by atoms with Crippen molar-refractivity contribution >= 4 is 0 Å². The lowest BCUT2D eigenvalue weighted by atomic mass is 10.1. The lowest BCUT2D eigenvalue weighted by Gasteiger charge is -2.33. The first-order chi connectivity index (χ1) is 8.29. The van der Waals surface area contributed by atoms with E-state index < -0.39 is 0 Å². The lowest BCUT2D eigenvalue weighted by molar-refractivity contribution is 0.137. The van der Waals surface area contributed by atoms with Gasteiger partial charge in [0.1, 0.15) is 5.75 Å². The van der Waals surface area contributed by atoms with Crippen molar-refractivity contribution < 1.29 is 5.11 Å². The van der Waals surface area contributed by atoms with Gasteiger partial charge in [-0.25, -0.2) is 0 Å². The number of nitriles is 1. The molecule has 1 aliphatic heterocycles. The van der Waals surface area contributed by atoms with Crippen molar-refractivity contribution in [3.05, 3.63) is 29.8 Å². The van der Waals surface area contributed by atoms with Gasteiger partial charge in [0.15, 0.2) is 0 Å². The topological polar surface area (TPSA) is 50.5 Å². The molecule has 1 fully saturated rings. The number of hydrogen-bond donors (Lipinski definition) is 1. The fourth-order valence-electron chi connectivity index (χ4n) is 2.09. The van der Waals surface area contributed by atoms with Gasteiger partial charge in [-0.3, -0.25) is 9.80 Å². The van der Waals surface area contributed by atoms with E-state index in [2.05, 4.69) is 15.9 Å². The summed E-state index contributed by atoms with van der Waals surface area (Å²) in [6.45, 7) is 5.08. The van der Waals surface area contributed by atoms with Crippen LogP contribution in [-0.4, -0.2) is 47.6 Å². The average Bonchev–Trinajstić information content (AvgIpc) is 2.35. The standard InChI is InChI=1S/C13H17N3O/c14-5-6-15-7-9-16(10-8-15)11-12-3-1-2-4-13(12)17/h1-4,17H,6-11H2. The van der Waals surface area contributed by atoms with E-state index in [1.807, 2.05) is 18.2 Å². The molecular formula is C13H17N3O. The van der Waals surface area contributed by atoms with Crippen molar-refractivity contribution in [1.29, 1.82) is 5.26 Å². The number of hydrogen-bond acceptors (Lipinski definition) is 4. The van der Waals surface area contributed by atoms with Crippen LogP contribution in [0.1, 0.15) is 5.56 Å². The van der Waals surface area contributed by atoms with Gasteiger partial charge < -0.3 is 5.11 Å². The van der Waals surface area contributed by atoms with Gasteiger partial charge in [-0.2, -0.15) is 5.26 Å². The lowest BCUT2D eigenvalue weighted by Crippen LogP contribution is -2.45. The zero-order valence-corrected chi connectivity index (χ0v) is 9.84. The number of rotatable bonds is 3. The molecule has 1 aliphatic rings. The van der Waals surface area contributed by atoms with Crippen LogP contribution >= 0.6 is 0 Å².